The largest absolute Gasteiger partial charge is 0.317 e. The van der Waals surface area contributed by atoms with Crippen LogP contribution in [0.4, 0.5) is 8.78 Å². The van der Waals surface area contributed by atoms with Crippen molar-refractivity contribution in [3.8, 4) is 0 Å². The van der Waals surface area contributed by atoms with E-state index in [1.165, 1.54) is 0 Å². The molecule has 0 spiro atoms. The Labute approximate surface area is 78.3 Å². The number of halogens is 2. The molecule has 0 aromatic rings. The van der Waals surface area contributed by atoms with Crippen molar-refractivity contribution in [2.75, 3.05) is 26.7 Å². The molecule has 0 unspecified atom stereocenters. The lowest BCUT2D eigenvalue weighted by molar-refractivity contribution is -0.0210. The van der Waals surface area contributed by atoms with Gasteiger partial charge in [-0.2, -0.15) is 0 Å². The Morgan fingerprint density at radius 2 is 1.92 bits per heavy atom. The standard InChI is InChI=1S/C9H18F2N2/c1-9(10,11)7-13(2)8-3-5-12-6-4-8/h8,12H,3-7H2,1-2H3. The van der Waals surface area contributed by atoms with Gasteiger partial charge in [0.2, 0.25) is 0 Å². The zero-order chi connectivity index (χ0) is 9.90. The van der Waals surface area contributed by atoms with E-state index in [0.29, 0.717) is 6.04 Å². The first kappa shape index (κ1) is 10.9. The van der Waals surface area contributed by atoms with Crippen molar-refractivity contribution in [1.29, 1.82) is 0 Å². The predicted molar refractivity (Wildman–Crippen MR) is 49.1 cm³/mol. The van der Waals surface area contributed by atoms with Crippen molar-refractivity contribution in [3.63, 3.8) is 0 Å². The number of rotatable bonds is 3. The summed E-state index contributed by atoms with van der Waals surface area (Å²) in [6.07, 6.45) is 1.96. The molecule has 1 aliphatic heterocycles. The topological polar surface area (TPSA) is 15.3 Å². The third-order valence-electron chi connectivity index (χ3n) is 2.46. The monoisotopic (exact) mass is 192 g/mol. The fourth-order valence-corrected chi connectivity index (χ4v) is 1.81. The molecule has 0 atom stereocenters. The molecule has 1 heterocycles. The predicted octanol–water partition coefficient (Wildman–Crippen LogP) is 1.33. The lowest BCUT2D eigenvalue weighted by Gasteiger charge is -2.32. The lowest BCUT2D eigenvalue weighted by atomic mass is 10.1. The summed E-state index contributed by atoms with van der Waals surface area (Å²) < 4.78 is 25.3. The lowest BCUT2D eigenvalue weighted by Crippen LogP contribution is -2.44. The van der Waals surface area contributed by atoms with E-state index in [4.69, 9.17) is 0 Å². The van der Waals surface area contributed by atoms with E-state index >= 15 is 0 Å². The Kier molecular flexibility index (Phi) is 3.62. The maximum atomic E-state index is 12.7. The van der Waals surface area contributed by atoms with Crippen LogP contribution in [0.25, 0.3) is 0 Å². The highest BCUT2D eigenvalue weighted by atomic mass is 19.3. The Bertz CT molecular complexity index is 150. The minimum absolute atomic E-state index is 0.127. The fraction of sp³-hybridized carbons (Fsp3) is 1.00. The summed E-state index contributed by atoms with van der Waals surface area (Å²) in [6.45, 7) is 2.75. The van der Waals surface area contributed by atoms with Gasteiger partial charge in [-0.1, -0.05) is 0 Å². The van der Waals surface area contributed by atoms with Crippen LogP contribution in [0.15, 0.2) is 0 Å². The van der Waals surface area contributed by atoms with Gasteiger partial charge in [-0.3, -0.25) is 4.90 Å². The van der Waals surface area contributed by atoms with Gasteiger partial charge < -0.3 is 5.32 Å². The summed E-state index contributed by atoms with van der Waals surface area (Å²) in [6, 6.07) is 0.326. The van der Waals surface area contributed by atoms with Gasteiger partial charge in [-0.05, 0) is 33.0 Å². The molecule has 0 aliphatic carbocycles. The van der Waals surface area contributed by atoms with Gasteiger partial charge in [0, 0.05) is 13.0 Å². The summed E-state index contributed by atoms with van der Waals surface area (Å²) in [4.78, 5) is 1.78. The molecule has 4 heteroatoms. The average Bonchev–Trinajstić information content (AvgIpc) is 2.03. The Balaban J connectivity index is 2.33. The van der Waals surface area contributed by atoms with Gasteiger partial charge in [0.1, 0.15) is 0 Å². The SMILES string of the molecule is CN(CC(C)(F)F)C1CCNCC1. The summed E-state index contributed by atoms with van der Waals surface area (Å²) in [7, 11) is 1.79. The number of hydrogen-bond donors (Lipinski definition) is 1. The Morgan fingerprint density at radius 1 is 1.38 bits per heavy atom. The summed E-state index contributed by atoms with van der Waals surface area (Å²) in [5, 5.41) is 3.22. The highest BCUT2D eigenvalue weighted by molar-refractivity contribution is 4.78. The summed E-state index contributed by atoms with van der Waals surface area (Å²) in [5.41, 5.74) is 0. The van der Waals surface area contributed by atoms with Crippen LogP contribution in [0.2, 0.25) is 0 Å². The molecule has 0 aromatic carbocycles. The molecular formula is C9H18F2N2. The van der Waals surface area contributed by atoms with Crippen LogP contribution in [0.5, 0.6) is 0 Å². The van der Waals surface area contributed by atoms with Gasteiger partial charge in [0.25, 0.3) is 5.92 Å². The number of hydrogen-bond acceptors (Lipinski definition) is 2. The fourth-order valence-electron chi connectivity index (χ4n) is 1.81. The van der Waals surface area contributed by atoms with E-state index in [2.05, 4.69) is 5.32 Å². The summed E-state index contributed by atoms with van der Waals surface area (Å²) in [5.74, 6) is -2.57. The van der Waals surface area contributed by atoms with Gasteiger partial charge in [-0.25, -0.2) is 8.78 Å². The van der Waals surface area contributed by atoms with Crippen LogP contribution in [0.3, 0.4) is 0 Å². The van der Waals surface area contributed by atoms with Crippen molar-refractivity contribution in [1.82, 2.24) is 10.2 Å². The van der Waals surface area contributed by atoms with Gasteiger partial charge in [0.15, 0.2) is 0 Å². The highest BCUT2D eigenvalue weighted by Gasteiger charge is 2.27. The van der Waals surface area contributed by atoms with Crippen LogP contribution < -0.4 is 5.32 Å². The van der Waals surface area contributed by atoms with Gasteiger partial charge in [-0.15, -0.1) is 0 Å². The van der Waals surface area contributed by atoms with E-state index < -0.39 is 5.92 Å². The molecule has 13 heavy (non-hydrogen) atoms. The van der Waals surface area contributed by atoms with E-state index in [1.807, 2.05) is 0 Å². The Morgan fingerprint density at radius 3 is 2.38 bits per heavy atom. The zero-order valence-electron chi connectivity index (χ0n) is 8.32. The third kappa shape index (κ3) is 4.00. The second kappa shape index (κ2) is 4.33. The molecule has 0 aromatic heterocycles. The van der Waals surface area contributed by atoms with E-state index in [0.717, 1.165) is 32.9 Å². The Hall–Kier alpha value is -0.220. The van der Waals surface area contributed by atoms with Gasteiger partial charge >= 0.3 is 0 Å². The van der Waals surface area contributed by atoms with Crippen LogP contribution >= 0.6 is 0 Å². The molecule has 1 N–H and O–H groups in total. The zero-order valence-corrected chi connectivity index (χ0v) is 8.32. The molecule has 78 valence electrons. The first-order valence-corrected chi connectivity index (χ1v) is 4.78. The van der Waals surface area contributed by atoms with Crippen molar-refractivity contribution < 1.29 is 8.78 Å². The molecular weight excluding hydrogens is 174 g/mol. The number of nitrogens with one attached hydrogen (secondary N) is 1. The summed E-state index contributed by atoms with van der Waals surface area (Å²) >= 11 is 0. The minimum Gasteiger partial charge on any atom is -0.317 e. The van der Waals surface area contributed by atoms with Crippen LogP contribution in [-0.2, 0) is 0 Å². The first-order valence-electron chi connectivity index (χ1n) is 4.78. The molecule has 1 aliphatic rings. The number of nitrogens with zero attached hydrogens (tertiary/aromatic N) is 1. The van der Waals surface area contributed by atoms with Crippen LogP contribution in [-0.4, -0.2) is 43.5 Å². The normalized spacial score (nSPS) is 21.0. The van der Waals surface area contributed by atoms with Crippen molar-refractivity contribution in [2.45, 2.75) is 31.7 Å². The molecule has 1 fully saturated rings. The number of piperidine rings is 1. The molecule has 0 bridgehead atoms. The second-order valence-electron chi connectivity index (χ2n) is 3.97. The van der Waals surface area contributed by atoms with Crippen molar-refractivity contribution in [3.05, 3.63) is 0 Å². The molecule has 1 saturated heterocycles. The number of alkyl halides is 2. The van der Waals surface area contributed by atoms with Crippen LogP contribution in [0.1, 0.15) is 19.8 Å². The first-order chi connectivity index (χ1) is 5.99. The van der Waals surface area contributed by atoms with Crippen molar-refractivity contribution >= 4 is 0 Å². The minimum atomic E-state index is -2.57. The van der Waals surface area contributed by atoms with E-state index in [9.17, 15) is 8.78 Å². The maximum absolute atomic E-state index is 12.7. The quantitative estimate of drug-likeness (QED) is 0.725. The van der Waals surface area contributed by atoms with Gasteiger partial charge in [0.05, 0.1) is 6.54 Å². The highest BCUT2D eigenvalue weighted by Crippen LogP contribution is 2.17. The molecule has 0 amide bonds. The molecule has 2 nitrogen and oxygen atoms in total. The second-order valence-corrected chi connectivity index (χ2v) is 3.97. The van der Waals surface area contributed by atoms with E-state index in [1.54, 1.807) is 11.9 Å². The maximum Gasteiger partial charge on any atom is 0.257 e. The average molecular weight is 192 g/mol. The van der Waals surface area contributed by atoms with Crippen LogP contribution in [0, 0.1) is 0 Å². The molecule has 1 rings (SSSR count). The van der Waals surface area contributed by atoms with Crippen molar-refractivity contribution in [2.24, 2.45) is 0 Å². The molecule has 0 radical (unpaired) electrons. The molecule has 0 saturated carbocycles. The van der Waals surface area contributed by atoms with E-state index in [-0.39, 0.29) is 6.54 Å². The smallest absolute Gasteiger partial charge is 0.257 e. The third-order valence-corrected chi connectivity index (χ3v) is 2.46.